The summed E-state index contributed by atoms with van der Waals surface area (Å²) in [5.74, 6) is 1.60. The van der Waals surface area contributed by atoms with Crippen LogP contribution in [-0.2, 0) is 0 Å². The second kappa shape index (κ2) is 9.50. The van der Waals surface area contributed by atoms with Crippen LogP contribution in [0.1, 0.15) is 68.1 Å². The lowest BCUT2D eigenvalue weighted by molar-refractivity contribution is 0.0777. The Balaban J connectivity index is 1.46. The third kappa shape index (κ3) is 4.61. The molecule has 3 aromatic rings. The molecular formula is C28H33NO3. The number of nitrogens with zero attached hydrogens (tertiary/aromatic N) is 1. The largest absolute Gasteiger partial charge is 0.485 e. The fourth-order valence-corrected chi connectivity index (χ4v) is 5.57. The second-order valence-corrected chi connectivity index (χ2v) is 9.64. The minimum absolute atomic E-state index is 0.00457. The molecule has 0 bridgehead atoms. The van der Waals surface area contributed by atoms with E-state index < -0.39 is 0 Å². The average Bonchev–Trinajstić information content (AvgIpc) is 2.83. The Labute approximate surface area is 190 Å². The van der Waals surface area contributed by atoms with Gasteiger partial charge in [0.25, 0.3) is 0 Å². The van der Waals surface area contributed by atoms with Gasteiger partial charge in [0.2, 0.25) is 0 Å². The van der Waals surface area contributed by atoms with E-state index in [2.05, 4.69) is 48.3 Å². The molecule has 2 aliphatic rings. The van der Waals surface area contributed by atoms with Crippen molar-refractivity contribution in [3.8, 4) is 5.75 Å². The molecule has 2 unspecified atom stereocenters. The maximum atomic E-state index is 12.6. The van der Waals surface area contributed by atoms with Crippen LogP contribution in [0, 0.1) is 5.92 Å². The predicted molar refractivity (Wildman–Crippen MR) is 128 cm³/mol. The topological polar surface area (TPSA) is 42.7 Å². The molecule has 0 amide bonds. The van der Waals surface area contributed by atoms with Gasteiger partial charge in [-0.15, -0.1) is 0 Å². The molecule has 2 aromatic carbocycles. The number of benzene rings is 2. The van der Waals surface area contributed by atoms with Gasteiger partial charge in [-0.25, -0.2) is 4.79 Å². The van der Waals surface area contributed by atoms with E-state index in [1.165, 1.54) is 31.2 Å². The standard InChI is InChI=1S/C28H33NO3/c1-29-16-8-13-22(19-29)27(21-11-6-3-7-12-21)31-24-14-15-26-23(17-24)18-25(28(30)32-26)20-9-4-2-5-10-20/h3,6-7,11-12,14-15,17-18,20,22,27H,2,4-5,8-10,13,16,19H2,1H3. The van der Waals surface area contributed by atoms with E-state index in [9.17, 15) is 4.79 Å². The van der Waals surface area contributed by atoms with Crippen LogP contribution in [-0.4, -0.2) is 25.0 Å². The quantitative estimate of drug-likeness (QED) is 0.445. The van der Waals surface area contributed by atoms with Crippen LogP contribution in [0.25, 0.3) is 11.0 Å². The van der Waals surface area contributed by atoms with Crippen molar-refractivity contribution < 1.29 is 9.15 Å². The maximum Gasteiger partial charge on any atom is 0.339 e. The fraction of sp³-hybridized carbons (Fsp3) is 0.464. The van der Waals surface area contributed by atoms with E-state index in [1.807, 2.05) is 18.2 Å². The summed E-state index contributed by atoms with van der Waals surface area (Å²) in [6, 6.07) is 18.5. The van der Waals surface area contributed by atoms with Gasteiger partial charge in [-0.05, 0) is 75.0 Å². The number of fused-ring (bicyclic) bond motifs is 1. The van der Waals surface area contributed by atoms with Gasteiger partial charge in [-0.3, -0.25) is 0 Å². The third-order valence-corrected chi connectivity index (χ3v) is 7.26. The van der Waals surface area contributed by atoms with Gasteiger partial charge in [0, 0.05) is 23.4 Å². The molecule has 0 radical (unpaired) electrons. The van der Waals surface area contributed by atoms with E-state index in [0.717, 1.165) is 49.1 Å². The Hall–Kier alpha value is -2.59. The normalized spacial score (nSPS) is 21.5. The molecule has 1 aliphatic heterocycles. The fourth-order valence-electron chi connectivity index (χ4n) is 5.57. The van der Waals surface area contributed by atoms with Crippen molar-refractivity contribution >= 4 is 11.0 Å². The molecule has 2 fully saturated rings. The average molecular weight is 432 g/mol. The monoisotopic (exact) mass is 431 g/mol. The van der Waals surface area contributed by atoms with Gasteiger partial charge >= 0.3 is 5.63 Å². The Kier molecular flexibility index (Phi) is 6.31. The lowest BCUT2D eigenvalue weighted by Crippen LogP contribution is -2.36. The lowest BCUT2D eigenvalue weighted by Gasteiger charge is -2.35. The number of ether oxygens (including phenoxy) is 1. The second-order valence-electron chi connectivity index (χ2n) is 9.64. The minimum atomic E-state index is -0.175. The zero-order valence-corrected chi connectivity index (χ0v) is 19.0. The van der Waals surface area contributed by atoms with Gasteiger partial charge in [-0.1, -0.05) is 49.6 Å². The van der Waals surface area contributed by atoms with E-state index in [-0.39, 0.29) is 11.7 Å². The zero-order valence-electron chi connectivity index (χ0n) is 19.0. The van der Waals surface area contributed by atoms with Crippen LogP contribution < -0.4 is 10.4 Å². The van der Waals surface area contributed by atoms with Gasteiger partial charge in [0.1, 0.15) is 17.4 Å². The van der Waals surface area contributed by atoms with Crippen molar-refractivity contribution in [2.24, 2.45) is 5.92 Å². The zero-order chi connectivity index (χ0) is 21.9. The Bertz CT molecular complexity index is 1100. The lowest BCUT2D eigenvalue weighted by atomic mass is 9.84. The number of piperidine rings is 1. The molecule has 168 valence electrons. The van der Waals surface area contributed by atoms with E-state index in [4.69, 9.17) is 9.15 Å². The first kappa shape index (κ1) is 21.3. The summed E-state index contributed by atoms with van der Waals surface area (Å²) in [6.07, 6.45) is 8.18. The van der Waals surface area contributed by atoms with Crippen molar-refractivity contribution in [2.75, 3.05) is 20.1 Å². The molecule has 0 spiro atoms. The summed E-state index contributed by atoms with van der Waals surface area (Å²) in [5, 5.41) is 0.954. The first-order valence-electron chi connectivity index (χ1n) is 12.2. The molecule has 2 heterocycles. The Morgan fingerprint density at radius 1 is 0.969 bits per heavy atom. The van der Waals surface area contributed by atoms with Crippen LogP contribution in [0.2, 0.25) is 0 Å². The Morgan fingerprint density at radius 3 is 2.56 bits per heavy atom. The van der Waals surface area contributed by atoms with Crippen molar-refractivity contribution in [2.45, 2.75) is 57.0 Å². The summed E-state index contributed by atoms with van der Waals surface area (Å²) >= 11 is 0. The highest BCUT2D eigenvalue weighted by Gasteiger charge is 2.29. The van der Waals surface area contributed by atoms with Crippen LogP contribution in [0.3, 0.4) is 0 Å². The van der Waals surface area contributed by atoms with Crippen LogP contribution in [0.5, 0.6) is 5.75 Å². The van der Waals surface area contributed by atoms with Crippen LogP contribution in [0.4, 0.5) is 0 Å². The van der Waals surface area contributed by atoms with Gasteiger partial charge in [0.15, 0.2) is 0 Å². The first-order chi connectivity index (χ1) is 15.7. The van der Waals surface area contributed by atoms with E-state index in [0.29, 0.717) is 17.4 Å². The summed E-state index contributed by atoms with van der Waals surface area (Å²) in [6.45, 7) is 2.19. The molecule has 4 nitrogen and oxygen atoms in total. The highest BCUT2D eigenvalue weighted by molar-refractivity contribution is 5.78. The number of likely N-dealkylation sites (tertiary alicyclic amines) is 1. The molecule has 1 saturated carbocycles. The van der Waals surface area contributed by atoms with Crippen LogP contribution >= 0.6 is 0 Å². The highest BCUT2D eigenvalue weighted by atomic mass is 16.5. The summed E-state index contributed by atoms with van der Waals surface area (Å²) in [4.78, 5) is 15.0. The van der Waals surface area contributed by atoms with E-state index >= 15 is 0 Å². The van der Waals surface area contributed by atoms with Gasteiger partial charge < -0.3 is 14.1 Å². The summed E-state index contributed by atoms with van der Waals surface area (Å²) < 4.78 is 12.4. The minimum Gasteiger partial charge on any atom is -0.485 e. The number of hydrogen-bond donors (Lipinski definition) is 0. The van der Waals surface area contributed by atoms with E-state index in [1.54, 1.807) is 0 Å². The number of hydrogen-bond acceptors (Lipinski definition) is 4. The molecular weight excluding hydrogens is 398 g/mol. The first-order valence-corrected chi connectivity index (χ1v) is 12.2. The molecule has 4 heteroatoms. The van der Waals surface area contributed by atoms with Gasteiger partial charge in [0.05, 0.1) is 0 Å². The van der Waals surface area contributed by atoms with Crippen molar-refractivity contribution in [1.29, 1.82) is 0 Å². The maximum absolute atomic E-state index is 12.6. The number of rotatable bonds is 5. The molecule has 1 aliphatic carbocycles. The smallest absolute Gasteiger partial charge is 0.339 e. The highest BCUT2D eigenvalue weighted by Crippen LogP contribution is 2.36. The van der Waals surface area contributed by atoms with Crippen LogP contribution in [0.15, 0.2) is 63.8 Å². The molecule has 32 heavy (non-hydrogen) atoms. The Morgan fingerprint density at radius 2 is 1.78 bits per heavy atom. The molecule has 1 aromatic heterocycles. The SMILES string of the molecule is CN1CCCC(C(Oc2ccc3oc(=O)c(C4CCCCC4)cc3c2)c2ccccc2)C1. The summed E-state index contributed by atoms with van der Waals surface area (Å²) in [7, 11) is 2.19. The predicted octanol–water partition coefficient (Wildman–Crippen LogP) is 6.30. The van der Waals surface area contributed by atoms with Crippen molar-refractivity contribution in [3.63, 3.8) is 0 Å². The molecule has 1 saturated heterocycles. The molecule has 5 rings (SSSR count). The molecule has 2 atom stereocenters. The van der Waals surface area contributed by atoms with Gasteiger partial charge in [-0.2, -0.15) is 0 Å². The third-order valence-electron chi connectivity index (χ3n) is 7.26. The van der Waals surface area contributed by atoms with Crippen molar-refractivity contribution in [3.05, 3.63) is 76.1 Å². The summed E-state index contributed by atoms with van der Waals surface area (Å²) in [5.41, 5.74) is 2.51. The molecule has 0 N–H and O–H groups in total. The van der Waals surface area contributed by atoms with Crippen molar-refractivity contribution in [1.82, 2.24) is 4.90 Å².